The first-order valence-corrected chi connectivity index (χ1v) is 20.7. The summed E-state index contributed by atoms with van der Waals surface area (Å²) in [4.78, 5) is 20.7. The molecule has 0 saturated heterocycles. The average Bonchev–Trinajstić information content (AvgIpc) is 3.03. The fraction of sp³-hybridized carbons (Fsp3) is 0.905. The van der Waals surface area contributed by atoms with E-state index in [-0.39, 0.29) is 0 Å². The average molecular weight is 651 g/mol. The van der Waals surface area contributed by atoms with Gasteiger partial charge in [0.2, 0.25) is 0 Å². The van der Waals surface area contributed by atoms with Crippen molar-refractivity contribution in [3.63, 3.8) is 0 Å². The van der Waals surface area contributed by atoms with Crippen LogP contribution in [0.2, 0.25) is 0 Å². The molecule has 46 heavy (non-hydrogen) atoms. The maximum Gasteiger partial charge on any atom is 0.327 e. The monoisotopic (exact) mass is 651 g/mol. The van der Waals surface area contributed by atoms with Crippen LogP contribution in [-0.4, -0.2) is 22.2 Å². The quantitative estimate of drug-likeness (QED) is 0.0518. The predicted molar refractivity (Wildman–Crippen MR) is 202 cm³/mol. The van der Waals surface area contributed by atoms with Crippen LogP contribution in [0.4, 0.5) is 0 Å². The van der Waals surface area contributed by atoms with Gasteiger partial charge in [0, 0.05) is 12.5 Å². The molecule has 0 aliphatic rings. The number of hydrogen-bond donors (Lipinski definition) is 2. The van der Waals surface area contributed by atoms with Gasteiger partial charge in [0.05, 0.1) is 0 Å². The van der Waals surface area contributed by atoms with Gasteiger partial charge in [0.15, 0.2) is 0 Å². The highest BCUT2D eigenvalue weighted by atomic mass is 16.4. The summed E-state index contributed by atoms with van der Waals surface area (Å²) in [6.07, 6.45) is 50.6. The second kappa shape index (κ2) is 43.7. The van der Waals surface area contributed by atoms with Crippen molar-refractivity contribution >= 4 is 11.9 Å². The van der Waals surface area contributed by atoms with E-state index in [0.717, 1.165) is 25.7 Å². The lowest BCUT2D eigenvalue weighted by Crippen LogP contribution is -1.93. The zero-order valence-corrected chi connectivity index (χ0v) is 31.3. The Bertz CT molecular complexity index is 615. The van der Waals surface area contributed by atoms with Crippen LogP contribution < -0.4 is 0 Å². The van der Waals surface area contributed by atoms with E-state index in [9.17, 15) is 9.59 Å². The molecule has 0 unspecified atom stereocenters. The van der Waals surface area contributed by atoms with Crippen LogP contribution in [0, 0.1) is 0 Å². The van der Waals surface area contributed by atoms with E-state index in [4.69, 9.17) is 10.2 Å². The highest BCUT2D eigenvalue weighted by Crippen LogP contribution is 2.16. The summed E-state index contributed by atoms with van der Waals surface area (Å²) < 4.78 is 0. The Morgan fingerprint density at radius 2 is 0.609 bits per heavy atom. The summed E-state index contributed by atoms with van der Waals surface area (Å²) in [6.45, 7) is 4.56. The van der Waals surface area contributed by atoms with Gasteiger partial charge in [-0.15, -0.1) is 0 Å². The zero-order valence-electron chi connectivity index (χ0n) is 31.3. The molecule has 0 aromatic carbocycles. The molecular weight excluding hydrogens is 568 g/mol. The third-order valence-electron chi connectivity index (χ3n) is 9.23. The van der Waals surface area contributed by atoms with Crippen molar-refractivity contribution in [3.05, 3.63) is 12.2 Å². The second-order valence-electron chi connectivity index (χ2n) is 14.0. The fourth-order valence-electron chi connectivity index (χ4n) is 6.17. The molecule has 0 rings (SSSR count). The number of carboxylic acid groups (broad SMARTS) is 2. The lowest BCUT2D eigenvalue weighted by molar-refractivity contribution is -0.137. The molecule has 2 N–H and O–H groups in total. The van der Waals surface area contributed by atoms with Crippen LogP contribution in [-0.2, 0) is 9.59 Å². The predicted octanol–water partition coefficient (Wildman–Crippen LogP) is 14.8. The van der Waals surface area contributed by atoms with Crippen LogP contribution >= 0.6 is 0 Å². The Labute approximate surface area is 288 Å². The smallest absolute Gasteiger partial charge is 0.327 e. The molecule has 0 aliphatic heterocycles. The summed E-state index contributed by atoms with van der Waals surface area (Å²) in [5.41, 5.74) is 0. The van der Waals surface area contributed by atoms with E-state index in [1.807, 2.05) is 0 Å². The summed E-state index contributed by atoms with van der Waals surface area (Å²) in [6, 6.07) is 0. The molecule has 0 radical (unpaired) electrons. The first kappa shape index (κ1) is 46.8. The van der Waals surface area contributed by atoms with E-state index in [0.29, 0.717) is 6.42 Å². The minimum Gasteiger partial charge on any atom is -0.481 e. The molecule has 0 fully saturated rings. The number of allylic oxidation sites excluding steroid dienone is 1. The van der Waals surface area contributed by atoms with Crippen molar-refractivity contribution in [1.29, 1.82) is 0 Å². The second-order valence-corrected chi connectivity index (χ2v) is 14.0. The normalized spacial score (nSPS) is 11.2. The highest BCUT2D eigenvalue weighted by molar-refractivity contribution is 5.79. The molecule has 0 amide bonds. The summed E-state index contributed by atoms with van der Waals surface area (Å²) in [5.74, 6) is -1.48. The van der Waals surface area contributed by atoms with E-state index >= 15 is 0 Å². The van der Waals surface area contributed by atoms with Crippen LogP contribution in [0.5, 0.6) is 0 Å². The first-order chi connectivity index (χ1) is 22.5. The molecule has 0 aromatic heterocycles. The molecule has 0 bridgehead atoms. The van der Waals surface area contributed by atoms with Crippen LogP contribution in [0.3, 0.4) is 0 Å². The molecule has 0 heterocycles. The van der Waals surface area contributed by atoms with Crippen molar-refractivity contribution < 1.29 is 19.8 Å². The molecule has 0 aliphatic carbocycles. The topological polar surface area (TPSA) is 74.6 Å². The van der Waals surface area contributed by atoms with Gasteiger partial charge in [0.25, 0.3) is 0 Å². The standard InChI is InChI=1S/C22H44O2.C20H38O2/c1-2-3-4-5-6-7-8-9-10-11-12-13-14-15-16-17-18-19-20-21-22(23)24;1-2-3-4-5-6-7-8-9-10-11-12-13-14-15-16-17-18-19-20(21)22/h2-21H2,1H3,(H,23,24);18-19H,2-17H2,1H3,(H,21,22). The molecular formula is C42H82O4. The van der Waals surface area contributed by atoms with Gasteiger partial charge in [-0.2, -0.15) is 0 Å². The maximum atomic E-state index is 10.4. The molecule has 274 valence electrons. The van der Waals surface area contributed by atoms with Gasteiger partial charge >= 0.3 is 11.9 Å². The van der Waals surface area contributed by atoms with Crippen LogP contribution in [0.15, 0.2) is 12.2 Å². The Kier molecular flexibility index (Phi) is 44.4. The molecule has 0 spiro atoms. The van der Waals surface area contributed by atoms with Crippen molar-refractivity contribution in [2.24, 2.45) is 0 Å². The third-order valence-corrected chi connectivity index (χ3v) is 9.23. The van der Waals surface area contributed by atoms with Gasteiger partial charge in [0.1, 0.15) is 0 Å². The third kappa shape index (κ3) is 49.6. The lowest BCUT2D eigenvalue weighted by Gasteiger charge is -2.03. The largest absolute Gasteiger partial charge is 0.481 e. The molecule has 0 aromatic rings. The number of unbranched alkanes of at least 4 members (excludes halogenated alkanes) is 33. The van der Waals surface area contributed by atoms with E-state index in [1.165, 1.54) is 205 Å². The minimum absolute atomic E-state index is 0.346. The highest BCUT2D eigenvalue weighted by Gasteiger charge is 1.98. The van der Waals surface area contributed by atoms with Crippen molar-refractivity contribution in [2.75, 3.05) is 0 Å². The molecule has 0 atom stereocenters. The SMILES string of the molecule is CCCCCCCCCCCCCCCCCC=CC(=O)O.CCCCCCCCCCCCCCCCCCCCCC(=O)O. The zero-order chi connectivity index (χ0) is 34.0. The van der Waals surface area contributed by atoms with Crippen molar-refractivity contribution in [1.82, 2.24) is 0 Å². The van der Waals surface area contributed by atoms with E-state index < -0.39 is 11.9 Å². The van der Waals surface area contributed by atoms with Gasteiger partial charge < -0.3 is 10.2 Å². The Morgan fingerprint density at radius 1 is 0.370 bits per heavy atom. The number of aliphatic carboxylic acids is 2. The van der Waals surface area contributed by atoms with E-state index in [2.05, 4.69) is 13.8 Å². The fourth-order valence-corrected chi connectivity index (χ4v) is 6.17. The number of carboxylic acids is 2. The van der Waals surface area contributed by atoms with Crippen LogP contribution in [0.25, 0.3) is 0 Å². The summed E-state index contributed by atoms with van der Waals surface area (Å²) >= 11 is 0. The Balaban J connectivity index is 0. The van der Waals surface area contributed by atoms with Gasteiger partial charge in [-0.3, -0.25) is 4.79 Å². The maximum absolute atomic E-state index is 10.4. The summed E-state index contributed by atoms with van der Waals surface area (Å²) in [7, 11) is 0. The number of carbonyl (C=O) groups is 2. The number of rotatable bonds is 37. The van der Waals surface area contributed by atoms with Gasteiger partial charge in [-0.05, 0) is 19.3 Å². The molecule has 4 nitrogen and oxygen atoms in total. The summed E-state index contributed by atoms with van der Waals surface area (Å²) in [5, 5.41) is 17.0. The van der Waals surface area contributed by atoms with Gasteiger partial charge in [-0.25, -0.2) is 4.79 Å². The van der Waals surface area contributed by atoms with Crippen molar-refractivity contribution in [2.45, 2.75) is 245 Å². The molecule has 4 heteroatoms. The Hall–Kier alpha value is -1.32. The lowest BCUT2D eigenvalue weighted by atomic mass is 10.0. The van der Waals surface area contributed by atoms with Crippen LogP contribution in [0.1, 0.15) is 245 Å². The number of hydrogen-bond acceptors (Lipinski definition) is 2. The molecule has 0 saturated carbocycles. The van der Waals surface area contributed by atoms with Crippen molar-refractivity contribution in [3.8, 4) is 0 Å². The Morgan fingerprint density at radius 3 is 0.848 bits per heavy atom. The minimum atomic E-state index is -0.832. The van der Waals surface area contributed by atoms with E-state index in [1.54, 1.807) is 6.08 Å². The van der Waals surface area contributed by atoms with Gasteiger partial charge in [-0.1, -0.05) is 225 Å². The first-order valence-electron chi connectivity index (χ1n) is 20.7.